The number of anilines is 1. The van der Waals surface area contributed by atoms with Crippen LogP contribution < -0.4 is 4.90 Å². The largest absolute Gasteiger partial charge is 0.478 e. The van der Waals surface area contributed by atoms with Gasteiger partial charge in [0.15, 0.2) is 5.78 Å². The molecule has 0 saturated heterocycles. The number of Topliss-reactive ketones (excluding diaryl/α,β-unsaturated/α-hetero) is 1. The molecule has 0 radical (unpaired) electrons. The number of allylic oxidation sites excluding steroid dienone is 2. The van der Waals surface area contributed by atoms with Gasteiger partial charge in [-0.25, -0.2) is 9.18 Å². The van der Waals surface area contributed by atoms with E-state index in [0.717, 1.165) is 0 Å². The van der Waals surface area contributed by atoms with Gasteiger partial charge in [-0.2, -0.15) is 0 Å². The molecular formula is C24H21ClFNO4. The van der Waals surface area contributed by atoms with E-state index in [1.54, 1.807) is 18.2 Å². The van der Waals surface area contributed by atoms with E-state index in [2.05, 4.69) is 0 Å². The van der Waals surface area contributed by atoms with E-state index in [1.807, 2.05) is 13.8 Å². The zero-order chi connectivity index (χ0) is 22.5. The zero-order valence-corrected chi connectivity index (χ0v) is 17.9. The summed E-state index contributed by atoms with van der Waals surface area (Å²) in [6.45, 7) is 3.87. The average Bonchev–Trinajstić information content (AvgIpc) is 2.66. The smallest absolute Gasteiger partial charge is 0.335 e. The second-order valence-corrected chi connectivity index (χ2v) is 9.19. The van der Waals surface area contributed by atoms with Gasteiger partial charge in [-0.1, -0.05) is 37.6 Å². The summed E-state index contributed by atoms with van der Waals surface area (Å²) < 4.78 is 14.8. The van der Waals surface area contributed by atoms with Crippen LogP contribution in [0, 0.1) is 11.2 Å². The van der Waals surface area contributed by atoms with Gasteiger partial charge in [-0.15, -0.1) is 0 Å². The summed E-state index contributed by atoms with van der Waals surface area (Å²) >= 11 is 6.29. The molecule has 5 nitrogen and oxygen atoms in total. The summed E-state index contributed by atoms with van der Waals surface area (Å²) in [6.07, 6.45) is 0.550. The maximum Gasteiger partial charge on any atom is 0.335 e. The molecule has 1 N–H and O–H groups in total. The molecule has 1 aliphatic carbocycles. The van der Waals surface area contributed by atoms with Crippen molar-refractivity contribution >= 4 is 34.9 Å². The minimum Gasteiger partial charge on any atom is -0.478 e. The van der Waals surface area contributed by atoms with Crippen molar-refractivity contribution < 1.29 is 23.9 Å². The summed E-state index contributed by atoms with van der Waals surface area (Å²) in [5.74, 6) is -2.94. The van der Waals surface area contributed by atoms with Crippen LogP contribution in [-0.4, -0.2) is 22.8 Å². The normalized spacial score (nSPS) is 20.6. The Morgan fingerprint density at radius 3 is 2.55 bits per heavy atom. The molecule has 4 rings (SSSR count). The van der Waals surface area contributed by atoms with Crippen LogP contribution in [-0.2, 0) is 9.59 Å². The van der Waals surface area contributed by atoms with Gasteiger partial charge in [-0.05, 0) is 42.2 Å². The van der Waals surface area contributed by atoms with E-state index in [1.165, 1.54) is 29.2 Å². The molecule has 1 heterocycles. The van der Waals surface area contributed by atoms with Crippen molar-refractivity contribution in [3.63, 3.8) is 0 Å². The average molecular weight is 442 g/mol. The molecule has 160 valence electrons. The fourth-order valence-corrected chi connectivity index (χ4v) is 4.88. The molecule has 1 atom stereocenters. The van der Waals surface area contributed by atoms with Gasteiger partial charge < -0.3 is 5.11 Å². The van der Waals surface area contributed by atoms with Gasteiger partial charge in [-0.3, -0.25) is 14.5 Å². The first-order valence-corrected chi connectivity index (χ1v) is 10.3. The topological polar surface area (TPSA) is 74.7 Å². The van der Waals surface area contributed by atoms with Crippen molar-refractivity contribution in [2.24, 2.45) is 5.41 Å². The number of aromatic carboxylic acids is 1. The quantitative estimate of drug-likeness (QED) is 0.697. The first-order chi connectivity index (χ1) is 14.6. The summed E-state index contributed by atoms with van der Waals surface area (Å²) in [7, 11) is 0. The zero-order valence-electron chi connectivity index (χ0n) is 17.1. The summed E-state index contributed by atoms with van der Waals surface area (Å²) in [5.41, 5.74) is 1.03. The first kappa shape index (κ1) is 21.2. The molecule has 2 aliphatic rings. The Labute approximate surface area is 184 Å². The van der Waals surface area contributed by atoms with E-state index in [4.69, 9.17) is 11.6 Å². The molecule has 1 aliphatic heterocycles. The molecular weight excluding hydrogens is 421 g/mol. The fraction of sp³-hybridized carbons (Fsp3) is 0.292. The van der Waals surface area contributed by atoms with E-state index >= 15 is 0 Å². The van der Waals surface area contributed by atoms with Crippen LogP contribution in [0.1, 0.15) is 54.9 Å². The number of carbonyl (C=O) groups excluding carboxylic acids is 2. The number of ketones is 1. The number of carboxylic acid groups (broad SMARTS) is 1. The Morgan fingerprint density at radius 2 is 1.87 bits per heavy atom. The molecule has 0 fully saturated rings. The van der Waals surface area contributed by atoms with Crippen molar-refractivity contribution in [1.82, 2.24) is 0 Å². The van der Waals surface area contributed by atoms with Crippen molar-refractivity contribution in [3.05, 3.63) is 75.7 Å². The van der Waals surface area contributed by atoms with Gasteiger partial charge in [0.05, 0.1) is 5.56 Å². The maximum atomic E-state index is 14.8. The van der Waals surface area contributed by atoms with Crippen LogP contribution >= 0.6 is 11.6 Å². The van der Waals surface area contributed by atoms with Crippen LogP contribution in [0.4, 0.5) is 10.1 Å². The lowest BCUT2D eigenvalue weighted by Crippen LogP contribution is -2.44. The third kappa shape index (κ3) is 3.76. The third-order valence-electron chi connectivity index (χ3n) is 5.84. The van der Waals surface area contributed by atoms with Crippen LogP contribution in [0.15, 0.2) is 53.7 Å². The number of hydrogen-bond donors (Lipinski definition) is 1. The molecule has 2 aromatic rings. The Kier molecular flexibility index (Phi) is 5.21. The van der Waals surface area contributed by atoms with E-state index in [-0.39, 0.29) is 40.7 Å². The van der Waals surface area contributed by atoms with Gasteiger partial charge >= 0.3 is 5.97 Å². The predicted octanol–water partition coefficient (Wildman–Crippen LogP) is 5.34. The molecule has 1 unspecified atom stereocenters. The first-order valence-electron chi connectivity index (χ1n) is 9.95. The third-order valence-corrected chi connectivity index (χ3v) is 6.17. The van der Waals surface area contributed by atoms with Crippen molar-refractivity contribution in [3.8, 4) is 0 Å². The van der Waals surface area contributed by atoms with E-state index in [9.17, 15) is 23.9 Å². The Bertz CT molecular complexity index is 1130. The number of halogens is 2. The highest BCUT2D eigenvalue weighted by Gasteiger charge is 2.45. The second-order valence-electron chi connectivity index (χ2n) is 8.78. The number of benzene rings is 2. The van der Waals surface area contributed by atoms with Gasteiger partial charge in [0.1, 0.15) is 5.82 Å². The molecule has 0 spiro atoms. The monoisotopic (exact) mass is 441 g/mol. The molecule has 1 amide bonds. The molecule has 31 heavy (non-hydrogen) atoms. The number of amides is 1. The van der Waals surface area contributed by atoms with Crippen LogP contribution in [0.2, 0.25) is 5.02 Å². The molecule has 0 saturated carbocycles. The minimum atomic E-state index is -1.11. The van der Waals surface area contributed by atoms with Gasteiger partial charge in [0.2, 0.25) is 5.91 Å². The fourth-order valence-electron chi connectivity index (χ4n) is 4.58. The number of carbonyl (C=O) groups is 3. The minimum absolute atomic E-state index is 0.0353. The number of hydrogen-bond acceptors (Lipinski definition) is 3. The Balaban J connectivity index is 1.94. The number of nitrogens with zero attached hydrogens (tertiary/aromatic N) is 1. The summed E-state index contributed by atoms with van der Waals surface area (Å²) in [6, 6.07) is 10.3. The standard InChI is InChI=1S/C24H21ClFNO4/c1-24(2)11-18-22(19(28)12-24)15(21-16(25)7-4-8-17(21)26)10-20(29)27(18)14-6-3-5-13(9-14)23(30)31/h3-9,15H,10-12H2,1-2H3,(H,30,31). The van der Waals surface area contributed by atoms with Gasteiger partial charge in [0.25, 0.3) is 0 Å². The highest BCUT2D eigenvalue weighted by molar-refractivity contribution is 6.31. The number of carboxylic acids is 1. The van der Waals surface area contributed by atoms with Crippen LogP contribution in [0.5, 0.6) is 0 Å². The van der Waals surface area contributed by atoms with Crippen molar-refractivity contribution in [1.29, 1.82) is 0 Å². The SMILES string of the molecule is CC1(C)CC(=O)C2=C(C1)N(c1cccc(C(=O)O)c1)C(=O)CC2c1c(F)cccc1Cl. The lowest BCUT2D eigenvalue weighted by molar-refractivity contribution is -0.121. The van der Waals surface area contributed by atoms with Crippen molar-refractivity contribution in [2.45, 2.75) is 39.0 Å². The Hall–Kier alpha value is -2.99. The molecule has 7 heteroatoms. The lowest BCUT2D eigenvalue weighted by atomic mass is 9.69. The molecule has 0 aromatic heterocycles. The van der Waals surface area contributed by atoms with Crippen molar-refractivity contribution in [2.75, 3.05) is 4.90 Å². The molecule has 0 bridgehead atoms. The second kappa shape index (κ2) is 7.61. The predicted molar refractivity (Wildman–Crippen MR) is 115 cm³/mol. The Morgan fingerprint density at radius 1 is 1.16 bits per heavy atom. The summed E-state index contributed by atoms with van der Waals surface area (Å²) in [5, 5.41) is 9.53. The highest BCUT2D eigenvalue weighted by atomic mass is 35.5. The summed E-state index contributed by atoms with van der Waals surface area (Å²) in [4.78, 5) is 39.4. The van der Waals surface area contributed by atoms with Crippen LogP contribution in [0.3, 0.4) is 0 Å². The molecule has 2 aromatic carbocycles. The highest BCUT2D eigenvalue weighted by Crippen LogP contribution is 2.49. The van der Waals surface area contributed by atoms with Crippen LogP contribution in [0.25, 0.3) is 0 Å². The number of rotatable bonds is 3. The maximum absolute atomic E-state index is 14.8. The lowest BCUT2D eigenvalue weighted by Gasteiger charge is -2.43. The van der Waals surface area contributed by atoms with E-state index < -0.39 is 23.1 Å². The van der Waals surface area contributed by atoms with Gasteiger partial charge in [0, 0.05) is 46.3 Å². The van der Waals surface area contributed by atoms with E-state index in [0.29, 0.717) is 23.4 Å².